The van der Waals surface area contributed by atoms with Crippen molar-refractivity contribution in [2.45, 2.75) is 33.4 Å². The van der Waals surface area contributed by atoms with Gasteiger partial charge in [0.1, 0.15) is 6.04 Å². The molecule has 0 radical (unpaired) electrons. The standard InChI is InChI=1S/C28H29N3O3S/c1-4-31(16-19-9-11-21(12-10-19)26(32)30-25(18(2)3)27(33)34)28-29-24(17-35-28)23-14-13-20-7-5-6-8-22(20)15-23/h5-15,17-18,25H,4,16H2,1-3H3,(H,30,32)(H,33,34). The molecule has 1 unspecified atom stereocenters. The Balaban J connectivity index is 1.45. The summed E-state index contributed by atoms with van der Waals surface area (Å²) in [6, 6.07) is 21.1. The molecule has 1 heterocycles. The zero-order valence-corrected chi connectivity index (χ0v) is 20.9. The number of carbonyl (C=O) groups is 2. The van der Waals surface area contributed by atoms with Crippen LogP contribution in [-0.2, 0) is 11.3 Å². The van der Waals surface area contributed by atoms with Crippen LogP contribution in [0.5, 0.6) is 0 Å². The first kappa shape index (κ1) is 24.4. The van der Waals surface area contributed by atoms with Crippen LogP contribution in [0.15, 0.2) is 72.1 Å². The van der Waals surface area contributed by atoms with E-state index in [1.807, 2.05) is 24.3 Å². The van der Waals surface area contributed by atoms with E-state index in [0.717, 1.165) is 28.5 Å². The summed E-state index contributed by atoms with van der Waals surface area (Å²) in [4.78, 5) is 31.0. The minimum absolute atomic E-state index is 0.202. The molecule has 6 nitrogen and oxygen atoms in total. The molecule has 7 heteroatoms. The molecule has 0 spiro atoms. The lowest BCUT2D eigenvalue weighted by molar-refractivity contribution is -0.140. The number of rotatable bonds is 9. The lowest BCUT2D eigenvalue weighted by Crippen LogP contribution is -2.44. The fourth-order valence-electron chi connectivity index (χ4n) is 3.93. The van der Waals surface area contributed by atoms with Crippen LogP contribution in [0.1, 0.15) is 36.7 Å². The molecule has 2 N–H and O–H groups in total. The van der Waals surface area contributed by atoms with Crippen molar-refractivity contribution in [2.24, 2.45) is 5.92 Å². The topological polar surface area (TPSA) is 82.5 Å². The van der Waals surface area contributed by atoms with Gasteiger partial charge in [0, 0.05) is 29.6 Å². The highest BCUT2D eigenvalue weighted by Crippen LogP contribution is 2.30. The number of carbonyl (C=O) groups excluding carboxylic acids is 1. The van der Waals surface area contributed by atoms with Gasteiger partial charge in [-0.15, -0.1) is 11.3 Å². The molecule has 0 saturated carbocycles. The Labute approximate surface area is 209 Å². The predicted octanol–water partition coefficient (Wildman–Crippen LogP) is 5.83. The minimum atomic E-state index is -1.03. The molecule has 180 valence electrons. The summed E-state index contributed by atoms with van der Waals surface area (Å²) < 4.78 is 0. The largest absolute Gasteiger partial charge is 0.480 e. The quantitative estimate of drug-likeness (QED) is 0.310. The summed E-state index contributed by atoms with van der Waals surface area (Å²) in [5.41, 5.74) is 3.54. The van der Waals surface area contributed by atoms with Crippen LogP contribution in [0.2, 0.25) is 0 Å². The van der Waals surface area contributed by atoms with Crippen molar-refractivity contribution < 1.29 is 14.7 Å². The highest BCUT2D eigenvalue weighted by atomic mass is 32.1. The third-order valence-electron chi connectivity index (χ3n) is 6.00. The predicted molar refractivity (Wildman–Crippen MR) is 142 cm³/mol. The maximum atomic E-state index is 12.5. The van der Waals surface area contributed by atoms with Gasteiger partial charge in [0.05, 0.1) is 5.69 Å². The summed E-state index contributed by atoms with van der Waals surface area (Å²) >= 11 is 1.62. The minimum Gasteiger partial charge on any atom is -0.480 e. The number of anilines is 1. The first-order valence-corrected chi connectivity index (χ1v) is 12.6. The molecule has 1 atom stereocenters. The first-order chi connectivity index (χ1) is 16.9. The van der Waals surface area contributed by atoms with E-state index >= 15 is 0 Å². The van der Waals surface area contributed by atoms with Gasteiger partial charge in [0.15, 0.2) is 5.13 Å². The second kappa shape index (κ2) is 10.7. The third-order valence-corrected chi connectivity index (χ3v) is 6.90. The van der Waals surface area contributed by atoms with Crippen molar-refractivity contribution in [1.82, 2.24) is 10.3 Å². The number of hydrogen-bond donors (Lipinski definition) is 2. The zero-order chi connectivity index (χ0) is 24.9. The van der Waals surface area contributed by atoms with Gasteiger partial charge in [-0.2, -0.15) is 0 Å². The Morgan fingerprint density at radius 1 is 1.03 bits per heavy atom. The van der Waals surface area contributed by atoms with E-state index in [4.69, 9.17) is 4.98 Å². The molecule has 3 aromatic carbocycles. The fraction of sp³-hybridized carbons (Fsp3) is 0.250. The molecule has 0 saturated heterocycles. The number of aliphatic carboxylic acids is 1. The number of benzene rings is 3. The van der Waals surface area contributed by atoms with Crippen LogP contribution in [0, 0.1) is 5.92 Å². The van der Waals surface area contributed by atoms with Crippen molar-refractivity contribution in [1.29, 1.82) is 0 Å². The Morgan fingerprint density at radius 2 is 1.74 bits per heavy atom. The number of nitrogens with one attached hydrogen (secondary N) is 1. The number of aromatic nitrogens is 1. The Bertz CT molecular complexity index is 1330. The molecule has 4 aromatic rings. The molecular weight excluding hydrogens is 458 g/mol. The van der Waals surface area contributed by atoms with Gasteiger partial charge in [-0.1, -0.05) is 62.4 Å². The average Bonchev–Trinajstić information content (AvgIpc) is 3.35. The highest BCUT2D eigenvalue weighted by molar-refractivity contribution is 7.14. The van der Waals surface area contributed by atoms with Crippen molar-refractivity contribution in [3.05, 3.63) is 83.2 Å². The highest BCUT2D eigenvalue weighted by Gasteiger charge is 2.24. The number of carboxylic acid groups (broad SMARTS) is 1. The van der Waals surface area contributed by atoms with Crippen molar-refractivity contribution >= 4 is 39.1 Å². The zero-order valence-electron chi connectivity index (χ0n) is 20.1. The Morgan fingerprint density at radius 3 is 2.40 bits per heavy atom. The van der Waals surface area contributed by atoms with E-state index in [9.17, 15) is 14.7 Å². The number of fused-ring (bicyclic) bond motifs is 1. The third kappa shape index (κ3) is 5.69. The molecule has 0 aliphatic heterocycles. The number of amides is 1. The van der Waals surface area contributed by atoms with Gasteiger partial charge in [0.25, 0.3) is 5.91 Å². The maximum absolute atomic E-state index is 12.5. The number of nitrogens with zero attached hydrogens (tertiary/aromatic N) is 2. The summed E-state index contributed by atoms with van der Waals surface area (Å²) in [6.45, 7) is 7.09. The van der Waals surface area contributed by atoms with Crippen molar-refractivity contribution in [3.8, 4) is 11.3 Å². The average molecular weight is 488 g/mol. The molecule has 1 amide bonds. The van der Waals surface area contributed by atoms with E-state index in [-0.39, 0.29) is 11.8 Å². The van der Waals surface area contributed by atoms with Crippen LogP contribution in [0.4, 0.5) is 5.13 Å². The van der Waals surface area contributed by atoms with Crippen LogP contribution >= 0.6 is 11.3 Å². The van der Waals surface area contributed by atoms with E-state index in [2.05, 4.69) is 52.9 Å². The Kier molecular flexibility index (Phi) is 7.46. The molecule has 0 aliphatic carbocycles. The second-order valence-electron chi connectivity index (χ2n) is 8.82. The van der Waals surface area contributed by atoms with Gasteiger partial charge in [0.2, 0.25) is 0 Å². The number of thiazole rings is 1. The second-order valence-corrected chi connectivity index (χ2v) is 9.66. The monoisotopic (exact) mass is 487 g/mol. The number of carboxylic acids is 1. The van der Waals surface area contributed by atoms with E-state index in [1.54, 1.807) is 37.3 Å². The molecule has 0 fully saturated rings. The van der Waals surface area contributed by atoms with E-state index in [0.29, 0.717) is 12.1 Å². The van der Waals surface area contributed by atoms with Crippen LogP contribution < -0.4 is 10.2 Å². The van der Waals surface area contributed by atoms with Crippen molar-refractivity contribution in [2.75, 3.05) is 11.4 Å². The fourth-order valence-corrected chi connectivity index (χ4v) is 4.83. The SMILES string of the molecule is CCN(Cc1ccc(C(=O)NC(C(=O)O)C(C)C)cc1)c1nc(-c2ccc3ccccc3c2)cs1. The molecular formula is C28H29N3O3S. The van der Waals surface area contributed by atoms with Crippen molar-refractivity contribution in [3.63, 3.8) is 0 Å². The molecule has 35 heavy (non-hydrogen) atoms. The van der Waals surface area contributed by atoms with Gasteiger partial charge < -0.3 is 15.3 Å². The lowest BCUT2D eigenvalue weighted by Gasteiger charge is -2.20. The molecule has 0 aliphatic rings. The molecule has 4 rings (SSSR count). The summed E-state index contributed by atoms with van der Waals surface area (Å²) in [5, 5.41) is 17.3. The summed E-state index contributed by atoms with van der Waals surface area (Å²) in [5.74, 6) is -1.62. The van der Waals surface area contributed by atoms with Gasteiger partial charge in [-0.05, 0) is 47.4 Å². The smallest absolute Gasteiger partial charge is 0.326 e. The van der Waals surface area contributed by atoms with E-state index in [1.165, 1.54) is 10.8 Å². The van der Waals surface area contributed by atoms with E-state index < -0.39 is 12.0 Å². The Hall–Kier alpha value is -3.71. The maximum Gasteiger partial charge on any atom is 0.326 e. The van der Waals surface area contributed by atoms with Crippen LogP contribution in [-0.4, -0.2) is 34.6 Å². The lowest BCUT2D eigenvalue weighted by atomic mass is 10.0. The summed E-state index contributed by atoms with van der Waals surface area (Å²) in [7, 11) is 0. The summed E-state index contributed by atoms with van der Waals surface area (Å²) in [6.07, 6.45) is 0. The van der Waals surface area contributed by atoms with Crippen LogP contribution in [0.25, 0.3) is 22.0 Å². The number of hydrogen-bond acceptors (Lipinski definition) is 5. The van der Waals surface area contributed by atoms with Gasteiger partial charge in [-0.25, -0.2) is 9.78 Å². The van der Waals surface area contributed by atoms with Crippen LogP contribution in [0.3, 0.4) is 0 Å². The molecule has 1 aromatic heterocycles. The normalized spacial score (nSPS) is 12.0. The first-order valence-electron chi connectivity index (χ1n) is 11.7. The molecule has 0 bridgehead atoms. The van der Waals surface area contributed by atoms with Gasteiger partial charge in [-0.3, -0.25) is 4.79 Å². The van der Waals surface area contributed by atoms with Gasteiger partial charge >= 0.3 is 5.97 Å².